The van der Waals surface area contributed by atoms with Crippen molar-refractivity contribution in [2.24, 2.45) is 5.92 Å². The topological polar surface area (TPSA) is 34.4 Å². The van der Waals surface area contributed by atoms with Gasteiger partial charge in [0.05, 0.1) is 13.2 Å². The minimum atomic E-state index is -4.25. The van der Waals surface area contributed by atoms with Crippen LogP contribution in [0.4, 0.5) is 13.2 Å². The van der Waals surface area contributed by atoms with Gasteiger partial charge in [0.15, 0.2) is 0 Å². The van der Waals surface area contributed by atoms with Gasteiger partial charge in [-0.2, -0.15) is 13.2 Å². The Morgan fingerprint density at radius 2 is 2.16 bits per heavy atom. The molecule has 1 heterocycles. The standard InChI is InChI=1S/C13H18F3NO2/c1-9-6-11(9)12-3-2-10(19-12)7-17-4-5-18-8-13(14,15)16/h2-3,9,11,17H,4-8H2,1H3. The Labute approximate surface area is 110 Å². The van der Waals surface area contributed by atoms with Gasteiger partial charge in [-0.1, -0.05) is 6.92 Å². The van der Waals surface area contributed by atoms with Crippen LogP contribution in [0.3, 0.4) is 0 Å². The van der Waals surface area contributed by atoms with Gasteiger partial charge >= 0.3 is 6.18 Å². The summed E-state index contributed by atoms with van der Waals surface area (Å²) in [5.41, 5.74) is 0. The Balaban J connectivity index is 1.57. The van der Waals surface area contributed by atoms with E-state index in [9.17, 15) is 13.2 Å². The fraction of sp³-hybridized carbons (Fsp3) is 0.692. The highest BCUT2D eigenvalue weighted by molar-refractivity contribution is 5.17. The van der Waals surface area contributed by atoms with E-state index in [1.807, 2.05) is 12.1 Å². The average molecular weight is 277 g/mol. The van der Waals surface area contributed by atoms with Gasteiger partial charge < -0.3 is 14.5 Å². The van der Waals surface area contributed by atoms with Gasteiger partial charge in [-0.05, 0) is 24.5 Å². The van der Waals surface area contributed by atoms with Crippen LogP contribution in [0.1, 0.15) is 30.8 Å². The van der Waals surface area contributed by atoms with Gasteiger partial charge in [-0.15, -0.1) is 0 Å². The minimum absolute atomic E-state index is 0.0345. The second-order valence-corrected chi connectivity index (χ2v) is 4.97. The number of alkyl halides is 3. The Morgan fingerprint density at radius 3 is 2.79 bits per heavy atom. The Bertz CT molecular complexity index is 403. The van der Waals surface area contributed by atoms with Crippen LogP contribution in [0, 0.1) is 5.92 Å². The maximum absolute atomic E-state index is 11.8. The van der Waals surface area contributed by atoms with Gasteiger partial charge in [-0.25, -0.2) is 0 Å². The van der Waals surface area contributed by atoms with Crippen molar-refractivity contribution in [2.45, 2.75) is 32.0 Å². The molecule has 2 unspecified atom stereocenters. The Morgan fingerprint density at radius 1 is 1.42 bits per heavy atom. The fourth-order valence-corrected chi connectivity index (χ4v) is 1.95. The van der Waals surface area contributed by atoms with Crippen molar-refractivity contribution < 1.29 is 22.3 Å². The van der Waals surface area contributed by atoms with Crippen molar-refractivity contribution in [3.05, 3.63) is 23.7 Å². The zero-order valence-corrected chi connectivity index (χ0v) is 10.8. The first-order chi connectivity index (χ1) is 8.96. The quantitative estimate of drug-likeness (QED) is 0.778. The van der Waals surface area contributed by atoms with Crippen molar-refractivity contribution in [3.63, 3.8) is 0 Å². The third-order valence-electron chi connectivity index (χ3n) is 3.15. The summed E-state index contributed by atoms with van der Waals surface area (Å²) in [5.74, 6) is 3.06. The summed E-state index contributed by atoms with van der Waals surface area (Å²) in [6.45, 7) is 1.90. The zero-order chi connectivity index (χ0) is 13.9. The minimum Gasteiger partial charge on any atom is -0.464 e. The van der Waals surface area contributed by atoms with Crippen molar-refractivity contribution in [1.82, 2.24) is 5.32 Å². The molecule has 1 fully saturated rings. The summed E-state index contributed by atoms with van der Waals surface area (Å²) in [6.07, 6.45) is -3.08. The highest BCUT2D eigenvalue weighted by Crippen LogP contribution is 2.47. The van der Waals surface area contributed by atoms with Crippen LogP contribution in [-0.4, -0.2) is 25.9 Å². The Hall–Kier alpha value is -1.01. The van der Waals surface area contributed by atoms with Crippen LogP contribution in [0.25, 0.3) is 0 Å². The molecular formula is C13H18F3NO2. The number of halogens is 3. The second-order valence-electron chi connectivity index (χ2n) is 4.97. The molecule has 2 atom stereocenters. The van der Waals surface area contributed by atoms with Crippen molar-refractivity contribution in [1.29, 1.82) is 0 Å². The van der Waals surface area contributed by atoms with Crippen LogP contribution in [0.15, 0.2) is 16.5 Å². The summed E-state index contributed by atoms with van der Waals surface area (Å²) in [5, 5.41) is 2.99. The number of hydrogen-bond acceptors (Lipinski definition) is 3. The molecule has 0 bridgehead atoms. The number of rotatable bonds is 7. The van der Waals surface area contributed by atoms with Crippen LogP contribution in [0.5, 0.6) is 0 Å². The van der Waals surface area contributed by atoms with E-state index < -0.39 is 12.8 Å². The maximum atomic E-state index is 11.8. The molecule has 19 heavy (non-hydrogen) atoms. The maximum Gasteiger partial charge on any atom is 0.411 e. The highest BCUT2D eigenvalue weighted by atomic mass is 19.4. The van der Waals surface area contributed by atoms with E-state index in [0.717, 1.165) is 11.5 Å². The molecule has 0 spiro atoms. The van der Waals surface area contributed by atoms with E-state index in [4.69, 9.17) is 4.42 Å². The van der Waals surface area contributed by atoms with Gasteiger partial charge in [0.25, 0.3) is 0 Å². The van der Waals surface area contributed by atoms with Crippen molar-refractivity contribution in [3.8, 4) is 0 Å². The molecule has 1 N–H and O–H groups in total. The molecule has 6 heteroatoms. The highest BCUT2D eigenvalue weighted by Gasteiger charge is 2.36. The summed E-state index contributed by atoms with van der Waals surface area (Å²) >= 11 is 0. The van der Waals surface area contributed by atoms with Gasteiger partial charge in [0.1, 0.15) is 18.1 Å². The second kappa shape index (κ2) is 5.96. The SMILES string of the molecule is CC1CC1c1ccc(CNCCOCC(F)(F)F)o1. The summed E-state index contributed by atoms with van der Waals surface area (Å²) in [6, 6.07) is 3.88. The van der Waals surface area contributed by atoms with Crippen LogP contribution >= 0.6 is 0 Å². The van der Waals surface area contributed by atoms with Gasteiger partial charge in [0, 0.05) is 12.5 Å². The number of nitrogens with one attached hydrogen (secondary N) is 1. The van der Waals surface area contributed by atoms with Crippen LogP contribution in [0.2, 0.25) is 0 Å². The fourth-order valence-electron chi connectivity index (χ4n) is 1.95. The van der Waals surface area contributed by atoms with E-state index >= 15 is 0 Å². The molecule has 1 aliphatic rings. The Kier molecular flexibility index (Phi) is 4.52. The lowest BCUT2D eigenvalue weighted by Crippen LogP contribution is -2.23. The molecular weight excluding hydrogens is 259 g/mol. The van der Waals surface area contributed by atoms with Crippen LogP contribution in [-0.2, 0) is 11.3 Å². The van der Waals surface area contributed by atoms with E-state index in [1.165, 1.54) is 6.42 Å². The molecule has 0 radical (unpaired) electrons. The van der Waals surface area contributed by atoms with E-state index in [2.05, 4.69) is 17.0 Å². The van der Waals surface area contributed by atoms with E-state index in [0.29, 0.717) is 24.9 Å². The van der Waals surface area contributed by atoms with Crippen molar-refractivity contribution in [2.75, 3.05) is 19.8 Å². The zero-order valence-electron chi connectivity index (χ0n) is 10.8. The largest absolute Gasteiger partial charge is 0.464 e. The smallest absolute Gasteiger partial charge is 0.411 e. The monoisotopic (exact) mass is 277 g/mol. The first-order valence-electron chi connectivity index (χ1n) is 6.39. The van der Waals surface area contributed by atoms with E-state index in [1.54, 1.807) is 0 Å². The molecule has 3 nitrogen and oxygen atoms in total. The number of hydrogen-bond donors (Lipinski definition) is 1. The molecule has 0 aliphatic heterocycles. The molecule has 0 aromatic carbocycles. The lowest BCUT2D eigenvalue weighted by atomic mass is 10.3. The number of furan rings is 1. The van der Waals surface area contributed by atoms with Gasteiger partial charge in [0.2, 0.25) is 0 Å². The molecule has 1 aromatic rings. The number of ether oxygens (including phenoxy) is 1. The lowest BCUT2D eigenvalue weighted by molar-refractivity contribution is -0.173. The lowest BCUT2D eigenvalue weighted by Gasteiger charge is -2.07. The molecule has 2 rings (SSSR count). The van der Waals surface area contributed by atoms with Crippen molar-refractivity contribution >= 4 is 0 Å². The van der Waals surface area contributed by atoms with E-state index in [-0.39, 0.29) is 6.61 Å². The van der Waals surface area contributed by atoms with Crippen LogP contribution < -0.4 is 5.32 Å². The normalized spacial score (nSPS) is 22.7. The first-order valence-corrected chi connectivity index (χ1v) is 6.39. The summed E-state index contributed by atoms with van der Waals surface area (Å²) < 4.78 is 45.5. The third kappa shape index (κ3) is 4.87. The summed E-state index contributed by atoms with van der Waals surface area (Å²) in [7, 11) is 0. The first kappa shape index (κ1) is 14.4. The predicted molar refractivity (Wildman–Crippen MR) is 63.8 cm³/mol. The molecule has 1 saturated carbocycles. The molecule has 108 valence electrons. The summed E-state index contributed by atoms with van der Waals surface area (Å²) in [4.78, 5) is 0. The third-order valence-corrected chi connectivity index (χ3v) is 3.15. The molecule has 0 amide bonds. The predicted octanol–water partition coefficient (Wildman–Crippen LogP) is 3.07. The molecule has 1 aromatic heterocycles. The van der Waals surface area contributed by atoms with Gasteiger partial charge in [-0.3, -0.25) is 0 Å². The molecule has 0 saturated heterocycles. The molecule has 1 aliphatic carbocycles. The average Bonchev–Trinajstić information content (AvgIpc) is 2.87.